The molecule has 0 atom stereocenters. The van der Waals surface area contributed by atoms with Crippen molar-refractivity contribution in [3.8, 4) is 11.3 Å². The molecule has 5 aromatic rings. The number of alkyl halides is 3. The van der Waals surface area contributed by atoms with E-state index in [1.54, 1.807) is 11.0 Å². The molecule has 6 nitrogen and oxygen atoms in total. The fraction of sp³-hybridized carbons (Fsp3) is 0.233. The van der Waals surface area contributed by atoms with Crippen LogP contribution in [0.5, 0.6) is 0 Å². The van der Waals surface area contributed by atoms with Gasteiger partial charge in [0.15, 0.2) is 17.0 Å². The lowest BCUT2D eigenvalue weighted by atomic mass is 10.0. The van der Waals surface area contributed by atoms with E-state index >= 15 is 0 Å². The maximum Gasteiger partial charge on any atom is 0.433 e. The predicted molar refractivity (Wildman–Crippen MR) is 143 cm³/mol. The van der Waals surface area contributed by atoms with Crippen LogP contribution < -0.4 is 0 Å². The fourth-order valence-corrected chi connectivity index (χ4v) is 5.00. The highest BCUT2D eigenvalue weighted by molar-refractivity contribution is 5.93. The number of amides is 1. The highest BCUT2D eigenvalue weighted by atomic mass is 19.4. The van der Waals surface area contributed by atoms with Gasteiger partial charge in [0, 0.05) is 44.4 Å². The summed E-state index contributed by atoms with van der Waals surface area (Å²) in [5.41, 5.74) is 2.09. The van der Waals surface area contributed by atoms with Gasteiger partial charge in [0.2, 0.25) is 0 Å². The third-order valence-electron chi connectivity index (χ3n) is 7.17. The molecule has 0 bridgehead atoms. The standard InChI is InChI=1S/C30H26F3N5O/c1-20-6-8-21(9-7-20)19-36-12-14-37(15-13-36)29(39)26-18-28-34-25(17-27(30(31,32)33)38(28)35-26)24-11-10-22-4-2-3-5-23(22)16-24/h2-11,16-18H,12-15,19H2,1H3. The van der Waals surface area contributed by atoms with Gasteiger partial charge in [-0.25, -0.2) is 9.50 Å². The van der Waals surface area contributed by atoms with Gasteiger partial charge in [0.25, 0.3) is 5.91 Å². The Kier molecular flexibility index (Phi) is 6.31. The summed E-state index contributed by atoms with van der Waals surface area (Å²) < 4.78 is 43.0. The molecule has 0 saturated carbocycles. The molecule has 0 N–H and O–H groups in total. The minimum atomic E-state index is -4.68. The number of hydrogen-bond acceptors (Lipinski definition) is 4. The van der Waals surface area contributed by atoms with Crippen LogP contribution in [0.15, 0.2) is 78.9 Å². The van der Waals surface area contributed by atoms with Gasteiger partial charge in [-0.2, -0.15) is 18.3 Å². The van der Waals surface area contributed by atoms with Crippen LogP contribution in [0.3, 0.4) is 0 Å². The Balaban J connectivity index is 1.26. The third-order valence-corrected chi connectivity index (χ3v) is 7.17. The predicted octanol–water partition coefficient (Wildman–Crippen LogP) is 5.83. The normalized spacial score (nSPS) is 14.8. The lowest BCUT2D eigenvalue weighted by molar-refractivity contribution is -0.142. The number of aryl methyl sites for hydroxylation is 1. The average molecular weight is 530 g/mol. The van der Waals surface area contributed by atoms with Crippen molar-refractivity contribution in [1.29, 1.82) is 0 Å². The monoisotopic (exact) mass is 529 g/mol. The second kappa shape index (κ2) is 9.81. The van der Waals surface area contributed by atoms with E-state index in [-0.39, 0.29) is 17.0 Å². The number of rotatable bonds is 4. The Morgan fingerprint density at radius 1 is 0.872 bits per heavy atom. The van der Waals surface area contributed by atoms with E-state index in [0.29, 0.717) is 31.7 Å². The number of fused-ring (bicyclic) bond motifs is 2. The molecule has 2 aromatic heterocycles. The molecular formula is C30H26F3N5O. The van der Waals surface area contributed by atoms with E-state index in [4.69, 9.17) is 0 Å². The molecule has 0 radical (unpaired) electrons. The van der Waals surface area contributed by atoms with E-state index in [2.05, 4.69) is 39.2 Å². The lowest BCUT2D eigenvalue weighted by Crippen LogP contribution is -2.48. The summed E-state index contributed by atoms with van der Waals surface area (Å²) in [5.74, 6) is -0.393. The number of halogens is 3. The number of aromatic nitrogens is 3. The van der Waals surface area contributed by atoms with Crippen LogP contribution in [0, 0.1) is 6.92 Å². The Labute approximate surface area is 223 Å². The first-order chi connectivity index (χ1) is 18.7. The largest absolute Gasteiger partial charge is 0.433 e. The number of carbonyl (C=O) groups excluding carboxylic acids is 1. The van der Waals surface area contributed by atoms with E-state index in [9.17, 15) is 18.0 Å². The Morgan fingerprint density at radius 2 is 1.59 bits per heavy atom. The molecule has 0 aliphatic carbocycles. The molecule has 3 aromatic carbocycles. The SMILES string of the molecule is Cc1ccc(CN2CCN(C(=O)c3cc4nc(-c5ccc6ccccc6c5)cc(C(F)(F)F)n4n3)CC2)cc1. The van der Waals surface area contributed by atoms with Crippen molar-refractivity contribution in [1.82, 2.24) is 24.4 Å². The maximum absolute atomic E-state index is 14.1. The van der Waals surface area contributed by atoms with Crippen molar-refractivity contribution in [3.63, 3.8) is 0 Å². The first kappa shape index (κ1) is 25.1. The molecule has 39 heavy (non-hydrogen) atoms. The van der Waals surface area contributed by atoms with E-state index in [1.807, 2.05) is 43.3 Å². The van der Waals surface area contributed by atoms with Crippen molar-refractivity contribution < 1.29 is 18.0 Å². The van der Waals surface area contributed by atoms with Gasteiger partial charge in [-0.1, -0.05) is 66.2 Å². The second-order valence-corrected chi connectivity index (χ2v) is 9.94. The lowest BCUT2D eigenvalue weighted by Gasteiger charge is -2.34. The van der Waals surface area contributed by atoms with Gasteiger partial charge < -0.3 is 4.90 Å². The number of piperazine rings is 1. The fourth-order valence-electron chi connectivity index (χ4n) is 5.00. The second-order valence-electron chi connectivity index (χ2n) is 9.94. The highest BCUT2D eigenvalue weighted by Gasteiger charge is 2.36. The molecule has 1 fully saturated rings. The van der Waals surface area contributed by atoms with Gasteiger partial charge in [-0.05, 0) is 35.4 Å². The molecule has 198 valence electrons. The van der Waals surface area contributed by atoms with Gasteiger partial charge in [-0.15, -0.1) is 0 Å². The zero-order valence-corrected chi connectivity index (χ0v) is 21.3. The van der Waals surface area contributed by atoms with Crippen LogP contribution in [0.25, 0.3) is 27.7 Å². The zero-order valence-electron chi connectivity index (χ0n) is 21.3. The van der Waals surface area contributed by atoms with Gasteiger partial charge >= 0.3 is 6.18 Å². The summed E-state index contributed by atoms with van der Waals surface area (Å²) in [4.78, 5) is 21.6. The summed E-state index contributed by atoms with van der Waals surface area (Å²) in [7, 11) is 0. The van der Waals surface area contributed by atoms with Crippen molar-refractivity contribution >= 4 is 22.3 Å². The molecule has 1 aliphatic heterocycles. The Morgan fingerprint density at radius 3 is 2.31 bits per heavy atom. The minimum Gasteiger partial charge on any atom is -0.335 e. The summed E-state index contributed by atoms with van der Waals surface area (Å²) in [6, 6.07) is 23.7. The number of hydrogen-bond donors (Lipinski definition) is 0. The zero-order chi connectivity index (χ0) is 27.1. The Hall–Kier alpha value is -4.24. The third kappa shape index (κ3) is 5.09. The van der Waals surface area contributed by atoms with Crippen LogP contribution in [0.2, 0.25) is 0 Å². The first-order valence-corrected chi connectivity index (χ1v) is 12.8. The van der Waals surface area contributed by atoms with E-state index < -0.39 is 17.8 Å². The molecule has 1 aliphatic rings. The molecule has 9 heteroatoms. The molecule has 1 amide bonds. The topological polar surface area (TPSA) is 53.7 Å². The van der Waals surface area contributed by atoms with Crippen LogP contribution >= 0.6 is 0 Å². The molecule has 6 rings (SSSR count). The van der Waals surface area contributed by atoms with Crippen LogP contribution in [-0.2, 0) is 12.7 Å². The summed E-state index contributed by atoms with van der Waals surface area (Å²) >= 11 is 0. The summed E-state index contributed by atoms with van der Waals surface area (Å²) in [6.07, 6.45) is -4.68. The Bertz CT molecular complexity index is 1670. The number of benzene rings is 3. The smallest absolute Gasteiger partial charge is 0.335 e. The van der Waals surface area contributed by atoms with Crippen molar-refractivity contribution in [2.45, 2.75) is 19.6 Å². The van der Waals surface area contributed by atoms with Crippen LogP contribution in [0.1, 0.15) is 27.3 Å². The van der Waals surface area contributed by atoms with Gasteiger partial charge in [0.1, 0.15) is 0 Å². The van der Waals surface area contributed by atoms with Crippen LogP contribution in [0.4, 0.5) is 13.2 Å². The van der Waals surface area contributed by atoms with Gasteiger partial charge in [0.05, 0.1) is 5.69 Å². The van der Waals surface area contributed by atoms with Crippen LogP contribution in [-0.4, -0.2) is 56.5 Å². The van der Waals surface area contributed by atoms with Gasteiger partial charge in [-0.3, -0.25) is 9.69 Å². The summed E-state index contributed by atoms with van der Waals surface area (Å²) in [5, 5.41) is 5.94. The number of nitrogens with zero attached hydrogens (tertiary/aromatic N) is 5. The molecule has 0 spiro atoms. The van der Waals surface area contributed by atoms with Crippen molar-refractivity contribution in [3.05, 3.63) is 101 Å². The molecular weight excluding hydrogens is 503 g/mol. The first-order valence-electron chi connectivity index (χ1n) is 12.8. The molecule has 3 heterocycles. The van der Waals surface area contributed by atoms with E-state index in [1.165, 1.54) is 17.2 Å². The van der Waals surface area contributed by atoms with E-state index in [0.717, 1.165) is 27.9 Å². The van der Waals surface area contributed by atoms with Crippen molar-refractivity contribution in [2.75, 3.05) is 26.2 Å². The average Bonchev–Trinajstić information content (AvgIpc) is 3.37. The maximum atomic E-state index is 14.1. The number of carbonyl (C=O) groups is 1. The molecule has 0 unspecified atom stereocenters. The highest BCUT2D eigenvalue weighted by Crippen LogP contribution is 2.33. The quantitative estimate of drug-likeness (QED) is 0.294. The minimum absolute atomic E-state index is 0.0191. The molecule has 1 saturated heterocycles. The summed E-state index contributed by atoms with van der Waals surface area (Å²) in [6.45, 7) is 5.12. The van der Waals surface area contributed by atoms with Crippen molar-refractivity contribution in [2.24, 2.45) is 0 Å².